The zero-order valence-electron chi connectivity index (χ0n) is 29.7. The van der Waals surface area contributed by atoms with Crippen molar-refractivity contribution in [1.29, 1.82) is 0 Å². The second-order valence-electron chi connectivity index (χ2n) is 13.7. The van der Waals surface area contributed by atoms with E-state index < -0.39 is 53.4 Å². The number of hydrogen-bond acceptors (Lipinski definition) is 8. The maximum absolute atomic E-state index is 14.0. The van der Waals surface area contributed by atoms with Crippen LogP contribution >= 0.6 is 0 Å². The van der Waals surface area contributed by atoms with Gasteiger partial charge in [0.05, 0.1) is 6.04 Å². The van der Waals surface area contributed by atoms with Gasteiger partial charge in [0, 0.05) is 25.4 Å². The maximum atomic E-state index is 14.0. The highest BCUT2D eigenvalue weighted by molar-refractivity contribution is 5.95. The van der Waals surface area contributed by atoms with Gasteiger partial charge >= 0.3 is 5.97 Å². The Bertz CT molecular complexity index is 1430. The first-order chi connectivity index (χ1) is 23.8. The Morgan fingerprint density at radius 2 is 1.42 bits per heavy atom. The fourth-order valence-corrected chi connectivity index (χ4v) is 6.22. The number of benzene rings is 2. The van der Waals surface area contributed by atoms with E-state index in [1.54, 1.807) is 7.05 Å². The number of rotatable bonds is 19. The molecule has 1 saturated heterocycles. The number of aliphatic carboxylic acids is 1. The lowest BCUT2D eigenvalue weighted by Crippen LogP contribution is -2.59. The van der Waals surface area contributed by atoms with Crippen LogP contribution in [0.4, 0.5) is 0 Å². The van der Waals surface area contributed by atoms with Crippen LogP contribution < -0.4 is 32.7 Å². The molecular weight excluding hydrogens is 638 g/mol. The molecule has 1 aliphatic heterocycles. The summed E-state index contributed by atoms with van der Waals surface area (Å²) in [6.45, 7) is 6.26. The van der Waals surface area contributed by atoms with Gasteiger partial charge in [-0.05, 0) is 62.7 Å². The molecule has 1 fully saturated rings. The van der Waals surface area contributed by atoms with E-state index in [2.05, 4.69) is 21.3 Å². The molecule has 1 unspecified atom stereocenters. The highest BCUT2D eigenvalue weighted by atomic mass is 16.4. The molecule has 13 nitrogen and oxygen atoms in total. The number of nitrogens with one attached hydrogen (secondary N) is 4. The molecule has 1 aliphatic rings. The lowest BCUT2D eigenvalue weighted by Gasteiger charge is -2.29. The summed E-state index contributed by atoms with van der Waals surface area (Å²) in [5.41, 5.74) is 12.5. The third-order valence-electron chi connectivity index (χ3n) is 9.45. The summed E-state index contributed by atoms with van der Waals surface area (Å²) in [4.78, 5) is 68.5. The first-order valence-corrected chi connectivity index (χ1v) is 17.5. The number of likely N-dealkylation sites (N-methyl/N-ethyl adjacent to an activating group) is 1. The van der Waals surface area contributed by atoms with Crippen LogP contribution in [0.1, 0.15) is 69.9 Å². The molecule has 6 atom stereocenters. The standard InChI is InChI=1S/C37H55N7O6/c1-24(2)21-29(32(45)41-28(17-11-12-19-38)35(48)44-20-18-37(23-44,40-4)36(49)50)42-33(46)30(22-26-13-7-5-8-14-26)43-34(47)31(39)25(3)27-15-9-6-10-16-27/h5-10,13-16,24-25,28-31,40H,11-12,17-23,38-39H2,1-4H3,(H,41,45)(H,42,46)(H,43,47)(H,49,50)/t25-,28-,29-,30-,31-,37?/m1/s1. The molecule has 0 aromatic heterocycles. The zero-order valence-corrected chi connectivity index (χ0v) is 29.7. The van der Waals surface area contributed by atoms with Crippen LogP contribution in [0, 0.1) is 5.92 Å². The fourth-order valence-electron chi connectivity index (χ4n) is 6.22. The number of carboxylic acids is 1. The molecule has 0 radical (unpaired) electrons. The van der Waals surface area contributed by atoms with Crippen molar-refractivity contribution in [3.05, 3.63) is 71.8 Å². The highest BCUT2D eigenvalue weighted by Gasteiger charge is 2.46. The number of nitrogens with two attached hydrogens (primary N) is 2. The topological polar surface area (TPSA) is 209 Å². The van der Waals surface area contributed by atoms with Crippen LogP contribution in [0.5, 0.6) is 0 Å². The Kier molecular flexibility index (Phi) is 15.4. The van der Waals surface area contributed by atoms with E-state index in [1.807, 2.05) is 81.4 Å². The minimum absolute atomic E-state index is 0.00913. The van der Waals surface area contributed by atoms with Gasteiger partial charge in [-0.25, -0.2) is 0 Å². The Morgan fingerprint density at radius 3 is 1.98 bits per heavy atom. The number of carbonyl (C=O) groups is 5. The molecular formula is C37H55N7O6. The van der Waals surface area contributed by atoms with E-state index in [4.69, 9.17) is 11.5 Å². The van der Waals surface area contributed by atoms with Crippen LogP contribution in [0.15, 0.2) is 60.7 Å². The van der Waals surface area contributed by atoms with E-state index in [1.165, 1.54) is 4.90 Å². The average molecular weight is 694 g/mol. The molecule has 1 heterocycles. The van der Waals surface area contributed by atoms with Crippen molar-refractivity contribution in [3.63, 3.8) is 0 Å². The van der Waals surface area contributed by atoms with Gasteiger partial charge in [-0.3, -0.25) is 24.0 Å². The van der Waals surface area contributed by atoms with Crippen molar-refractivity contribution >= 4 is 29.6 Å². The van der Waals surface area contributed by atoms with Crippen LogP contribution in [0.3, 0.4) is 0 Å². The lowest BCUT2D eigenvalue weighted by atomic mass is 9.93. The first-order valence-electron chi connectivity index (χ1n) is 17.5. The smallest absolute Gasteiger partial charge is 0.325 e. The minimum atomic E-state index is -1.27. The third kappa shape index (κ3) is 11.1. The quantitative estimate of drug-likeness (QED) is 0.106. The molecule has 50 heavy (non-hydrogen) atoms. The molecule has 0 aliphatic carbocycles. The van der Waals surface area contributed by atoms with Crippen molar-refractivity contribution in [2.24, 2.45) is 17.4 Å². The van der Waals surface area contributed by atoms with Crippen molar-refractivity contribution < 1.29 is 29.1 Å². The average Bonchev–Trinajstić information content (AvgIpc) is 3.56. The minimum Gasteiger partial charge on any atom is -0.480 e. The van der Waals surface area contributed by atoms with E-state index in [-0.39, 0.29) is 50.1 Å². The predicted molar refractivity (Wildman–Crippen MR) is 192 cm³/mol. The Balaban J connectivity index is 1.81. The monoisotopic (exact) mass is 693 g/mol. The van der Waals surface area contributed by atoms with Crippen LogP contribution in [0.25, 0.3) is 0 Å². The molecule has 0 spiro atoms. The highest BCUT2D eigenvalue weighted by Crippen LogP contribution is 2.23. The molecule has 274 valence electrons. The summed E-state index contributed by atoms with van der Waals surface area (Å²) in [6, 6.07) is 14.7. The molecule has 13 heteroatoms. The third-order valence-corrected chi connectivity index (χ3v) is 9.45. The van der Waals surface area contributed by atoms with Crippen molar-refractivity contribution in [2.45, 2.75) is 94.9 Å². The molecule has 2 aromatic rings. The summed E-state index contributed by atoms with van der Waals surface area (Å²) in [7, 11) is 1.55. The number of amides is 4. The second kappa shape index (κ2) is 19.2. The molecule has 2 aromatic carbocycles. The summed E-state index contributed by atoms with van der Waals surface area (Å²) >= 11 is 0. The number of unbranched alkanes of at least 4 members (excludes halogenated alkanes) is 1. The Hall–Kier alpha value is -4.33. The molecule has 0 saturated carbocycles. The van der Waals surface area contributed by atoms with E-state index >= 15 is 0 Å². The first kappa shape index (κ1) is 40.1. The van der Waals surface area contributed by atoms with Crippen LogP contribution in [-0.4, -0.2) is 96.0 Å². The van der Waals surface area contributed by atoms with E-state index in [0.29, 0.717) is 25.8 Å². The molecule has 3 rings (SSSR count). The number of nitrogens with zero attached hydrogens (tertiary/aromatic N) is 1. The van der Waals surface area contributed by atoms with Gasteiger partial charge < -0.3 is 42.7 Å². The molecule has 4 amide bonds. The number of likely N-dealkylation sites (tertiary alicyclic amines) is 1. The predicted octanol–water partition coefficient (Wildman–Crippen LogP) is 1.26. The number of carbonyl (C=O) groups excluding carboxylic acids is 4. The number of carboxylic acid groups (broad SMARTS) is 1. The summed E-state index contributed by atoms with van der Waals surface area (Å²) in [5, 5.41) is 21.2. The van der Waals surface area contributed by atoms with E-state index in [9.17, 15) is 29.1 Å². The summed E-state index contributed by atoms with van der Waals surface area (Å²) in [5.74, 6) is -3.38. The van der Waals surface area contributed by atoms with Gasteiger partial charge in [0.2, 0.25) is 23.6 Å². The van der Waals surface area contributed by atoms with Crippen molar-refractivity contribution in [2.75, 3.05) is 26.7 Å². The van der Waals surface area contributed by atoms with Gasteiger partial charge in [-0.2, -0.15) is 0 Å². The summed E-state index contributed by atoms with van der Waals surface area (Å²) in [6.07, 6.45) is 2.14. The van der Waals surface area contributed by atoms with Crippen LogP contribution in [-0.2, 0) is 30.4 Å². The van der Waals surface area contributed by atoms with Crippen LogP contribution in [0.2, 0.25) is 0 Å². The zero-order chi connectivity index (χ0) is 36.8. The largest absolute Gasteiger partial charge is 0.480 e. The van der Waals surface area contributed by atoms with Gasteiger partial charge in [-0.1, -0.05) is 81.4 Å². The lowest BCUT2D eigenvalue weighted by molar-refractivity contribution is -0.144. The van der Waals surface area contributed by atoms with Gasteiger partial charge in [0.25, 0.3) is 0 Å². The number of hydrogen-bond donors (Lipinski definition) is 7. The molecule has 0 bridgehead atoms. The summed E-state index contributed by atoms with van der Waals surface area (Å²) < 4.78 is 0. The Morgan fingerprint density at radius 1 is 0.840 bits per heavy atom. The fraction of sp³-hybridized carbons (Fsp3) is 0.541. The SMILES string of the molecule is CNC1(C(=O)O)CCN(C(=O)[C@@H](CCCCN)NC(=O)[C@@H](CC(C)C)NC(=O)[C@@H](Cc2ccccc2)NC(=O)[C@H](N)[C@H](C)c2ccccc2)C1. The van der Waals surface area contributed by atoms with E-state index in [0.717, 1.165) is 11.1 Å². The normalized spacial score (nSPS) is 18.8. The molecule has 9 N–H and O–H groups in total. The maximum Gasteiger partial charge on any atom is 0.325 e. The van der Waals surface area contributed by atoms with Crippen molar-refractivity contribution in [1.82, 2.24) is 26.2 Å². The second-order valence-corrected chi connectivity index (χ2v) is 13.7. The van der Waals surface area contributed by atoms with Gasteiger partial charge in [0.15, 0.2) is 0 Å². The van der Waals surface area contributed by atoms with Gasteiger partial charge in [0.1, 0.15) is 23.7 Å². The van der Waals surface area contributed by atoms with Crippen molar-refractivity contribution in [3.8, 4) is 0 Å². The van der Waals surface area contributed by atoms with Gasteiger partial charge in [-0.15, -0.1) is 0 Å². The Labute approximate surface area is 295 Å².